The lowest BCUT2D eigenvalue weighted by Gasteiger charge is -2.14. The molecule has 1 rings (SSSR count). The van der Waals surface area contributed by atoms with Gasteiger partial charge >= 0.3 is 0 Å². The van der Waals surface area contributed by atoms with E-state index in [9.17, 15) is 0 Å². The van der Waals surface area contributed by atoms with Gasteiger partial charge in [0.1, 0.15) is 5.75 Å². The summed E-state index contributed by atoms with van der Waals surface area (Å²) in [4.78, 5) is 0. The van der Waals surface area contributed by atoms with Gasteiger partial charge in [0.25, 0.3) is 0 Å². The second-order valence-electron chi connectivity index (χ2n) is 4.04. The minimum Gasteiger partial charge on any atom is -0.496 e. The van der Waals surface area contributed by atoms with Gasteiger partial charge in [-0.2, -0.15) is 5.26 Å². The van der Waals surface area contributed by atoms with E-state index in [1.165, 1.54) is 0 Å². The second-order valence-corrected chi connectivity index (χ2v) is 4.04. The van der Waals surface area contributed by atoms with Gasteiger partial charge in [0.2, 0.25) is 0 Å². The Kier molecular flexibility index (Phi) is 6.20. The molecule has 0 aliphatic rings. The van der Waals surface area contributed by atoms with Crippen LogP contribution in [0.2, 0.25) is 0 Å². The minimum absolute atomic E-state index is 0.181. The lowest BCUT2D eigenvalue weighted by Crippen LogP contribution is -2.26. The van der Waals surface area contributed by atoms with Gasteiger partial charge < -0.3 is 14.8 Å². The van der Waals surface area contributed by atoms with E-state index >= 15 is 0 Å². The summed E-state index contributed by atoms with van der Waals surface area (Å²) in [5, 5.41) is 12.2. The lowest BCUT2D eigenvalue weighted by atomic mass is 10.1. The molecule has 0 aromatic heterocycles. The van der Waals surface area contributed by atoms with Gasteiger partial charge in [-0.3, -0.25) is 0 Å². The summed E-state index contributed by atoms with van der Waals surface area (Å²) in [6, 6.07) is 7.55. The van der Waals surface area contributed by atoms with Crippen molar-refractivity contribution in [1.29, 1.82) is 5.26 Å². The third kappa shape index (κ3) is 4.36. The van der Waals surface area contributed by atoms with Crippen LogP contribution in [0.3, 0.4) is 0 Å². The second kappa shape index (κ2) is 7.70. The SMILES string of the molecule is CCOC(C)CNCc1cc(C#N)ccc1OC. The van der Waals surface area contributed by atoms with Crippen LogP contribution in [0, 0.1) is 11.3 Å². The molecule has 1 aromatic carbocycles. The van der Waals surface area contributed by atoms with Crippen molar-refractivity contribution in [2.75, 3.05) is 20.3 Å². The summed E-state index contributed by atoms with van der Waals surface area (Å²) in [5.41, 5.74) is 1.63. The fourth-order valence-electron chi connectivity index (χ4n) is 1.74. The zero-order chi connectivity index (χ0) is 13.4. The summed E-state index contributed by atoms with van der Waals surface area (Å²) >= 11 is 0. The largest absolute Gasteiger partial charge is 0.496 e. The van der Waals surface area contributed by atoms with Crippen LogP contribution in [0.5, 0.6) is 5.75 Å². The predicted octanol–water partition coefficient (Wildman–Crippen LogP) is 2.08. The average Bonchev–Trinajstić information content (AvgIpc) is 2.39. The Bertz CT molecular complexity index is 413. The number of hydrogen-bond donors (Lipinski definition) is 1. The molecule has 0 aliphatic heterocycles. The van der Waals surface area contributed by atoms with Crippen molar-refractivity contribution in [1.82, 2.24) is 5.32 Å². The highest BCUT2D eigenvalue weighted by Gasteiger charge is 2.05. The van der Waals surface area contributed by atoms with E-state index in [-0.39, 0.29) is 6.10 Å². The molecular weight excluding hydrogens is 228 g/mol. The molecule has 0 amide bonds. The van der Waals surface area contributed by atoms with Crippen molar-refractivity contribution >= 4 is 0 Å². The molecular formula is C14H20N2O2. The molecule has 0 bridgehead atoms. The smallest absolute Gasteiger partial charge is 0.123 e. The van der Waals surface area contributed by atoms with Crippen molar-refractivity contribution in [3.8, 4) is 11.8 Å². The van der Waals surface area contributed by atoms with Gasteiger partial charge in [-0.25, -0.2) is 0 Å². The standard InChI is InChI=1S/C14H20N2O2/c1-4-18-11(2)9-16-10-13-7-12(8-15)5-6-14(13)17-3/h5-7,11,16H,4,9-10H2,1-3H3. The molecule has 98 valence electrons. The highest BCUT2D eigenvalue weighted by atomic mass is 16.5. The number of nitrogens with one attached hydrogen (secondary N) is 1. The van der Waals surface area contributed by atoms with Crippen molar-refractivity contribution in [2.45, 2.75) is 26.5 Å². The summed E-state index contributed by atoms with van der Waals surface area (Å²) in [5.74, 6) is 0.797. The third-order valence-corrected chi connectivity index (χ3v) is 2.61. The van der Waals surface area contributed by atoms with Gasteiger partial charge in [-0.1, -0.05) is 0 Å². The van der Waals surface area contributed by atoms with E-state index in [1.54, 1.807) is 13.2 Å². The van der Waals surface area contributed by atoms with Gasteiger partial charge in [0.05, 0.1) is 24.8 Å². The number of nitriles is 1. The first kappa shape index (κ1) is 14.5. The molecule has 4 nitrogen and oxygen atoms in total. The molecule has 0 heterocycles. The number of nitrogens with zero attached hydrogens (tertiary/aromatic N) is 1. The topological polar surface area (TPSA) is 54.3 Å². The van der Waals surface area contributed by atoms with Crippen LogP contribution >= 0.6 is 0 Å². The molecule has 4 heteroatoms. The maximum absolute atomic E-state index is 8.88. The molecule has 1 atom stereocenters. The van der Waals surface area contributed by atoms with Crippen LogP contribution in [-0.4, -0.2) is 26.4 Å². The maximum atomic E-state index is 8.88. The molecule has 0 aliphatic carbocycles. The monoisotopic (exact) mass is 248 g/mol. The summed E-state index contributed by atoms with van der Waals surface area (Å²) in [6.45, 7) is 6.16. The Morgan fingerprint density at radius 3 is 2.83 bits per heavy atom. The van der Waals surface area contributed by atoms with Crippen molar-refractivity contribution < 1.29 is 9.47 Å². The van der Waals surface area contributed by atoms with Crippen molar-refractivity contribution in [2.24, 2.45) is 0 Å². The third-order valence-electron chi connectivity index (χ3n) is 2.61. The quantitative estimate of drug-likeness (QED) is 0.802. The average molecular weight is 248 g/mol. The van der Waals surface area contributed by atoms with Crippen LogP contribution in [0.1, 0.15) is 25.0 Å². The van der Waals surface area contributed by atoms with E-state index in [4.69, 9.17) is 14.7 Å². The number of methoxy groups -OCH3 is 1. The Hall–Kier alpha value is -1.57. The Labute approximate surface area is 109 Å². The van der Waals surface area contributed by atoms with Crippen molar-refractivity contribution in [3.63, 3.8) is 0 Å². The number of hydrogen-bond acceptors (Lipinski definition) is 4. The van der Waals surface area contributed by atoms with Gasteiger partial charge in [0.15, 0.2) is 0 Å². The summed E-state index contributed by atoms with van der Waals surface area (Å²) < 4.78 is 10.7. The molecule has 1 aromatic rings. The van der Waals surface area contributed by atoms with Crippen LogP contribution < -0.4 is 10.1 Å². The normalized spacial score (nSPS) is 11.9. The van der Waals surface area contributed by atoms with Crippen LogP contribution in [0.15, 0.2) is 18.2 Å². The zero-order valence-corrected chi connectivity index (χ0v) is 11.2. The molecule has 1 unspecified atom stereocenters. The zero-order valence-electron chi connectivity index (χ0n) is 11.2. The van der Waals surface area contributed by atoms with Gasteiger partial charge in [-0.05, 0) is 32.0 Å². The maximum Gasteiger partial charge on any atom is 0.123 e. The first-order valence-corrected chi connectivity index (χ1v) is 6.10. The summed E-state index contributed by atoms with van der Waals surface area (Å²) in [6.07, 6.45) is 0.181. The van der Waals surface area contributed by atoms with E-state index in [0.29, 0.717) is 12.1 Å². The predicted molar refractivity (Wildman–Crippen MR) is 70.5 cm³/mol. The Morgan fingerprint density at radius 1 is 1.44 bits per heavy atom. The fraction of sp³-hybridized carbons (Fsp3) is 0.500. The highest BCUT2D eigenvalue weighted by molar-refractivity contribution is 5.41. The van der Waals surface area contributed by atoms with Crippen LogP contribution in [0.4, 0.5) is 0 Å². The molecule has 0 spiro atoms. The van der Waals surface area contributed by atoms with Gasteiger partial charge in [-0.15, -0.1) is 0 Å². The molecule has 0 radical (unpaired) electrons. The Morgan fingerprint density at radius 2 is 2.22 bits per heavy atom. The van der Waals surface area contributed by atoms with E-state index in [2.05, 4.69) is 11.4 Å². The highest BCUT2D eigenvalue weighted by Crippen LogP contribution is 2.19. The molecule has 0 saturated heterocycles. The lowest BCUT2D eigenvalue weighted by molar-refractivity contribution is 0.0759. The van der Waals surface area contributed by atoms with Gasteiger partial charge in [0, 0.05) is 25.3 Å². The molecule has 0 fully saturated rings. The number of ether oxygens (including phenoxy) is 2. The van der Waals surface area contributed by atoms with Crippen LogP contribution in [0.25, 0.3) is 0 Å². The first-order valence-electron chi connectivity index (χ1n) is 6.10. The summed E-state index contributed by atoms with van der Waals surface area (Å²) in [7, 11) is 1.63. The van der Waals surface area contributed by atoms with E-state index in [0.717, 1.165) is 24.5 Å². The number of benzene rings is 1. The van der Waals surface area contributed by atoms with E-state index < -0.39 is 0 Å². The first-order chi connectivity index (χ1) is 8.71. The van der Waals surface area contributed by atoms with E-state index in [1.807, 2.05) is 26.0 Å². The van der Waals surface area contributed by atoms with Crippen LogP contribution in [-0.2, 0) is 11.3 Å². The number of rotatable bonds is 7. The fourth-order valence-corrected chi connectivity index (χ4v) is 1.74. The Balaban J connectivity index is 2.57. The van der Waals surface area contributed by atoms with Crippen molar-refractivity contribution in [3.05, 3.63) is 29.3 Å². The molecule has 1 N–H and O–H groups in total. The molecule has 18 heavy (non-hydrogen) atoms. The minimum atomic E-state index is 0.181. The molecule has 0 saturated carbocycles.